The van der Waals surface area contributed by atoms with Crippen LogP contribution in [0.4, 0.5) is 15.3 Å². The van der Waals surface area contributed by atoms with Crippen molar-refractivity contribution >= 4 is 51.7 Å². The molecule has 0 radical (unpaired) electrons. The molecule has 1 aromatic heterocycles. The highest BCUT2D eigenvalue weighted by Crippen LogP contribution is 2.25. The number of nitrogens with zero attached hydrogens (tertiary/aromatic N) is 2. The van der Waals surface area contributed by atoms with E-state index in [2.05, 4.69) is 15.5 Å². The maximum atomic E-state index is 13.3. The molecule has 0 aliphatic rings. The normalized spacial score (nSPS) is 11.1. The van der Waals surface area contributed by atoms with Gasteiger partial charge in [-0.2, -0.15) is 5.10 Å². The van der Waals surface area contributed by atoms with E-state index >= 15 is 0 Å². The molecule has 0 bridgehead atoms. The van der Waals surface area contributed by atoms with E-state index in [0.29, 0.717) is 16.5 Å². The van der Waals surface area contributed by atoms with Crippen LogP contribution in [-0.4, -0.2) is 11.2 Å². The van der Waals surface area contributed by atoms with Crippen LogP contribution >= 0.6 is 34.5 Å². The summed E-state index contributed by atoms with van der Waals surface area (Å²) in [6.45, 7) is 0. The lowest BCUT2D eigenvalue weighted by atomic mass is 10.2. The number of aromatic nitrogens is 1. The average Bonchev–Trinajstić information content (AvgIpc) is 2.72. The lowest BCUT2D eigenvalue weighted by Gasteiger charge is -1.99. The number of nitrogens with two attached hydrogens (primary N) is 1. The molecule has 1 heterocycles. The summed E-state index contributed by atoms with van der Waals surface area (Å²) in [4.78, 5) is 3.94. The molecule has 0 atom stereocenters. The van der Waals surface area contributed by atoms with Gasteiger partial charge in [0.05, 0.1) is 16.3 Å². The Morgan fingerprint density at radius 3 is 2.83 bits per heavy atom. The Kier molecular flexibility index (Phi) is 4.00. The van der Waals surface area contributed by atoms with Gasteiger partial charge in [0.2, 0.25) is 5.13 Å². The van der Waals surface area contributed by atoms with Crippen LogP contribution < -0.4 is 11.2 Å². The third-order valence-corrected chi connectivity index (χ3v) is 3.45. The number of anilines is 2. The molecule has 0 saturated heterocycles. The summed E-state index contributed by atoms with van der Waals surface area (Å²) in [6.07, 6.45) is 1.41. The molecule has 0 amide bonds. The Morgan fingerprint density at radius 1 is 1.44 bits per heavy atom. The SMILES string of the molecule is Nc1csc(NN=Cc2cc(F)c(Cl)c(Cl)c2)n1. The molecular formula is C10H7Cl2FN4S. The molecular weight excluding hydrogens is 298 g/mol. The van der Waals surface area contributed by atoms with Crippen LogP contribution in [0.3, 0.4) is 0 Å². The van der Waals surface area contributed by atoms with Crippen molar-refractivity contribution in [3.8, 4) is 0 Å². The second-order valence-electron chi connectivity index (χ2n) is 3.25. The van der Waals surface area contributed by atoms with Gasteiger partial charge >= 0.3 is 0 Å². The van der Waals surface area contributed by atoms with Gasteiger partial charge in [-0.05, 0) is 17.7 Å². The predicted octanol–water partition coefficient (Wildman–Crippen LogP) is 3.62. The van der Waals surface area contributed by atoms with Crippen molar-refractivity contribution < 1.29 is 4.39 Å². The van der Waals surface area contributed by atoms with Gasteiger partial charge in [-0.1, -0.05) is 23.2 Å². The number of nitrogens with one attached hydrogen (secondary N) is 1. The first-order valence-corrected chi connectivity index (χ1v) is 6.34. The quantitative estimate of drug-likeness (QED) is 0.517. The fraction of sp³-hybridized carbons (Fsp3) is 0. The number of nitrogen functional groups attached to an aromatic ring is 1. The van der Waals surface area contributed by atoms with Crippen molar-refractivity contribution in [2.24, 2.45) is 5.10 Å². The molecule has 94 valence electrons. The fourth-order valence-corrected chi connectivity index (χ4v) is 2.02. The van der Waals surface area contributed by atoms with Crippen LogP contribution in [0.25, 0.3) is 0 Å². The van der Waals surface area contributed by atoms with E-state index in [1.807, 2.05) is 0 Å². The molecule has 0 spiro atoms. The summed E-state index contributed by atoms with van der Waals surface area (Å²) in [5.41, 5.74) is 8.59. The number of benzene rings is 1. The summed E-state index contributed by atoms with van der Waals surface area (Å²) < 4.78 is 13.3. The first-order valence-electron chi connectivity index (χ1n) is 4.71. The summed E-state index contributed by atoms with van der Waals surface area (Å²) in [5.74, 6) is -0.178. The van der Waals surface area contributed by atoms with Crippen LogP contribution in [0.2, 0.25) is 10.0 Å². The number of hydrogen-bond donors (Lipinski definition) is 2. The summed E-state index contributed by atoms with van der Waals surface area (Å²) in [7, 11) is 0. The van der Waals surface area contributed by atoms with Gasteiger partial charge in [-0.15, -0.1) is 11.3 Å². The van der Waals surface area contributed by atoms with Gasteiger partial charge in [0, 0.05) is 5.38 Å². The van der Waals surface area contributed by atoms with Gasteiger partial charge in [-0.3, -0.25) is 5.43 Å². The van der Waals surface area contributed by atoms with Crippen LogP contribution in [0.15, 0.2) is 22.6 Å². The molecule has 4 nitrogen and oxygen atoms in total. The largest absolute Gasteiger partial charge is 0.383 e. The third-order valence-electron chi connectivity index (χ3n) is 1.90. The van der Waals surface area contributed by atoms with Crippen molar-refractivity contribution in [3.05, 3.63) is 38.9 Å². The first kappa shape index (κ1) is 13.1. The Bertz CT molecular complexity index is 576. The maximum absolute atomic E-state index is 13.3. The van der Waals surface area contributed by atoms with Gasteiger partial charge in [0.15, 0.2) is 0 Å². The Morgan fingerprint density at radius 2 is 2.22 bits per heavy atom. The third kappa shape index (κ3) is 3.10. The van der Waals surface area contributed by atoms with E-state index in [-0.39, 0.29) is 10.0 Å². The van der Waals surface area contributed by atoms with E-state index in [1.165, 1.54) is 29.7 Å². The van der Waals surface area contributed by atoms with E-state index in [4.69, 9.17) is 28.9 Å². The van der Waals surface area contributed by atoms with Crippen molar-refractivity contribution in [2.75, 3.05) is 11.2 Å². The number of hydrazone groups is 1. The summed E-state index contributed by atoms with van der Waals surface area (Å²) in [6, 6.07) is 2.74. The minimum Gasteiger partial charge on any atom is -0.383 e. The molecule has 18 heavy (non-hydrogen) atoms. The fourth-order valence-electron chi connectivity index (χ4n) is 1.15. The monoisotopic (exact) mass is 304 g/mol. The van der Waals surface area contributed by atoms with Crippen LogP contribution in [0, 0.1) is 5.82 Å². The van der Waals surface area contributed by atoms with Gasteiger partial charge in [-0.25, -0.2) is 9.37 Å². The molecule has 0 fully saturated rings. The van der Waals surface area contributed by atoms with Crippen molar-refractivity contribution in [1.29, 1.82) is 0 Å². The molecule has 2 aromatic rings. The van der Waals surface area contributed by atoms with Crippen molar-refractivity contribution in [2.45, 2.75) is 0 Å². The topological polar surface area (TPSA) is 63.3 Å². The number of rotatable bonds is 3. The number of thiazole rings is 1. The Labute approximate surface area is 116 Å². The van der Waals surface area contributed by atoms with Crippen LogP contribution in [0.1, 0.15) is 5.56 Å². The zero-order valence-corrected chi connectivity index (χ0v) is 11.2. The van der Waals surface area contributed by atoms with E-state index in [0.717, 1.165) is 0 Å². The lowest BCUT2D eigenvalue weighted by molar-refractivity contribution is 0.628. The molecule has 0 aliphatic carbocycles. The summed E-state index contributed by atoms with van der Waals surface area (Å²) in [5, 5.41) is 6.14. The second kappa shape index (κ2) is 5.51. The number of hydrogen-bond acceptors (Lipinski definition) is 5. The molecule has 0 aliphatic heterocycles. The zero-order valence-electron chi connectivity index (χ0n) is 8.82. The van der Waals surface area contributed by atoms with Gasteiger partial charge < -0.3 is 5.73 Å². The zero-order chi connectivity index (χ0) is 13.1. The number of halogens is 3. The van der Waals surface area contributed by atoms with Crippen molar-refractivity contribution in [1.82, 2.24) is 4.98 Å². The highest BCUT2D eigenvalue weighted by atomic mass is 35.5. The highest BCUT2D eigenvalue weighted by molar-refractivity contribution is 7.14. The molecule has 0 saturated carbocycles. The lowest BCUT2D eigenvalue weighted by Crippen LogP contribution is -1.92. The Hall–Kier alpha value is -1.37. The van der Waals surface area contributed by atoms with Gasteiger partial charge in [0.25, 0.3) is 0 Å². The van der Waals surface area contributed by atoms with Crippen LogP contribution in [-0.2, 0) is 0 Å². The van der Waals surface area contributed by atoms with Gasteiger partial charge in [0.1, 0.15) is 11.6 Å². The predicted molar refractivity (Wildman–Crippen MR) is 74.2 cm³/mol. The minimum atomic E-state index is -0.593. The Balaban J connectivity index is 2.09. The van der Waals surface area contributed by atoms with E-state index in [9.17, 15) is 4.39 Å². The molecule has 2 rings (SSSR count). The van der Waals surface area contributed by atoms with Crippen LogP contribution in [0.5, 0.6) is 0 Å². The second-order valence-corrected chi connectivity index (χ2v) is 4.89. The molecule has 8 heteroatoms. The molecule has 0 unspecified atom stereocenters. The molecule has 3 N–H and O–H groups in total. The smallest absolute Gasteiger partial charge is 0.205 e. The van der Waals surface area contributed by atoms with E-state index in [1.54, 1.807) is 5.38 Å². The minimum absolute atomic E-state index is 0.102. The summed E-state index contributed by atoms with van der Waals surface area (Å²) >= 11 is 12.6. The highest BCUT2D eigenvalue weighted by Gasteiger charge is 2.05. The maximum Gasteiger partial charge on any atom is 0.205 e. The molecule has 1 aromatic carbocycles. The standard InChI is InChI=1S/C10H7Cl2FN4S/c11-6-1-5(2-7(13)9(6)12)3-15-17-10-16-8(14)4-18-10/h1-4H,14H2,(H,16,17). The first-order chi connectivity index (χ1) is 8.56. The van der Waals surface area contributed by atoms with E-state index < -0.39 is 5.82 Å². The van der Waals surface area contributed by atoms with Crippen molar-refractivity contribution in [3.63, 3.8) is 0 Å². The average molecular weight is 305 g/mol.